The molecule has 0 bridgehead atoms. The third kappa shape index (κ3) is 2.76. The lowest BCUT2D eigenvalue weighted by molar-refractivity contribution is -0.135. The summed E-state index contributed by atoms with van der Waals surface area (Å²) in [5, 5.41) is 22.2. The molecule has 0 radical (unpaired) electrons. The fourth-order valence-corrected chi connectivity index (χ4v) is 4.17. The van der Waals surface area contributed by atoms with Gasteiger partial charge in [0.25, 0.3) is 0 Å². The lowest BCUT2D eigenvalue weighted by Gasteiger charge is -2.29. The summed E-state index contributed by atoms with van der Waals surface area (Å²) in [6.45, 7) is 1.21. The van der Waals surface area contributed by atoms with Crippen LogP contribution in [-0.2, 0) is 22.4 Å². The molecule has 1 aromatic heterocycles. The second kappa shape index (κ2) is 6.54. The summed E-state index contributed by atoms with van der Waals surface area (Å²) in [7, 11) is 0. The number of halogens is 2. The molecule has 3 heterocycles. The first-order chi connectivity index (χ1) is 12.9. The normalized spacial score (nSPS) is 19.3. The maximum absolute atomic E-state index is 14.9. The molecule has 2 aromatic rings. The van der Waals surface area contributed by atoms with E-state index >= 15 is 0 Å². The summed E-state index contributed by atoms with van der Waals surface area (Å²) in [6.07, 6.45) is 1.77. The molecule has 1 atom stereocenters. The van der Waals surface area contributed by atoms with Crippen molar-refractivity contribution in [2.75, 3.05) is 19.7 Å². The minimum Gasteiger partial charge on any atom is -0.489 e. The van der Waals surface area contributed by atoms with Crippen LogP contribution < -0.4 is 10.1 Å². The first-order valence-electron chi connectivity index (χ1n) is 8.45. The predicted octanol–water partition coefficient (Wildman–Crippen LogP) is 2.15. The van der Waals surface area contributed by atoms with Gasteiger partial charge in [0.05, 0.1) is 16.1 Å². The average molecular weight is 395 g/mol. The number of aromatic nitrogens is 1. The molecule has 0 aliphatic carbocycles. The molecule has 3 N–H and O–H groups in total. The van der Waals surface area contributed by atoms with Crippen LogP contribution in [0.1, 0.15) is 17.3 Å². The molecule has 27 heavy (non-hydrogen) atoms. The van der Waals surface area contributed by atoms with Gasteiger partial charge in [-0.3, -0.25) is 0 Å². The molecule has 2 aliphatic rings. The number of hydrogen-bond acceptors (Lipinski definition) is 4. The van der Waals surface area contributed by atoms with Gasteiger partial charge in [-0.25, -0.2) is 14.0 Å². The van der Waals surface area contributed by atoms with Crippen LogP contribution in [0.4, 0.5) is 4.39 Å². The summed E-state index contributed by atoms with van der Waals surface area (Å²) < 4.78 is 22.3. The topological polar surface area (TPSA) is 101 Å². The van der Waals surface area contributed by atoms with Crippen molar-refractivity contribution < 1.29 is 28.9 Å². The zero-order valence-corrected chi connectivity index (χ0v) is 14.8. The highest BCUT2D eigenvalue weighted by Gasteiger charge is 2.36. The van der Waals surface area contributed by atoms with E-state index in [1.54, 1.807) is 4.57 Å². The lowest BCUT2D eigenvalue weighted by Crippen LogP contribution is -2.29. The molecular weight excluding hydrogens is 379 g/mol. The van der Waals surface area contributed by atoms with Crippen LogP contribution in [0, 0.1) is 5.82 Å². The molecule has 0 saturated heterocycles. The number of aliphatic carboxylic acids is 2. The van der Waals surface area contributed by atoms with E-state index in [0.717, 1.165) is 11.3 Å². The molecule has 9 heteroatoms. The highest BCUT2D eigenvalue weighted by molar-refractivity contribution is 6.32. The van der Waals surface area contributed by atoms with Crippen molar-refractivity contribution in [3.63, 3.8) is 0 Å². The Balaban J connectivity index is 2.06. The van der Waals surface area contributed by atoms with Crippen molar-refractivity contribution in [2.24, 2.45) is 0 Å². The van der Waals surface area contributed by atoms with E-state index in [0.29, 0.717) is 48.7 Å². The van der Waals surface area contributed by atoms with Crippen molar-refractivity contribution in [1.29, 1.82) is 0 Å². The maximum Gasteiger partial charge on any atom is 0.334 e. The van der Waals surface area contributed by atoms with E-state index in [1.807, 2.05) is 0 Å². The van der Waals surface area contributed by atoms with Crippen LogP contribution in [0.15, 0.2) is 17.7 Å². The number of rotatable bonds is 3. The second-order valence-corrected chi connectivity index (χ2v) is 6.92. The van der Waals surface area contributed by atoms with Crippen LogP contribution >= 0.6 is 11.6 Å². The summed E-state index contributed by atoms with van der Waals surface area (Å²) in [5.74, 6) is -2.92. The summed E-state index contributed by atoms with van der Waals surface area (Å²) in [5.41, 5.74) is 1.65. The number of fused-ring (bicyclic) bond motifs is 3. The number of carboxylic acid groups (broad SMARTS) is 2. The van der Waals surface area contributed by atoms with Crippen molar-refractivity contribution >= 4 is 34.4 Å². The summed E-state index contributed by atoms with van der Waals surface area (Å²) >= 11 is 6.04. The highest BCUT2D eigenvalue weighted by atomic mass is 35.5. The van der Waals surface area contributed by atoms with Gasteiger partial charge in [0.2, 0.25) is 0 Å². The third-order valence-electron chi connectivity index (χ3n) is 5.02. The minimum atomic E-state index is -1.36. The Morgan fingerprint density at radius 3 is 2.78 bits per heavy atom. The molecule has 1 aromatic carbocycles. The molecule has 2 aliphatic heterocycles. The Hall–Kier alpha value is -2.58. The van der Waals surface area contributed by atoms with Gasteiger partial charge in [-0.05, 0) is 18.5 Å². The van der Waals surface area contributed by atoms with Crippen LogP contribution in [0.3, 0.4) is 0 Å². The Labute approximate surface area is 158 Å². The van der Waals surface area contributed by atoms with E-state index in [9.17, 15) is 19.1 Å². The van der Waals surface area contributed by atoms with Gasteiger partial charge in [0.15, 0.2) is 5.82 Å². The van der Waals surface area contributed by atoms with E-state index in [2.05, 4.69) is 5.32 Å². The Bertz CT molecular complexity index is 1010. The minimum absolute atomic E-state index is 0.0624. The van der Waals surface area contributed by atoms with Gasteiger partial charge in [-0.2, -0.15) is 0 Å². The standard InChI is InChI=1S/C18H16ClFN2O5/c19-10-6-13-17-15(16(10)20)8-1-3-21-4-2-11(8)22(17)12(7-27-13)9(18(25)26)5-14(23)24/h5-6,12,21H,1-4,7H2,(H,23,24)(H,25,26)/b9-5-. The van der Waals surface area contributed by atoms with Gasteiger partial charge in [-0.15, -0.1) is 0 Å². The predicted molar refractivity (Wildman–Crippen MR) is 95.1 cm³/mol. The number of benzene rings is 1. The summed E-state index contributed by atoms with van der Waals surface area (Å²) in [4.78, 5) is 22.9. The van der Waals surface area contributed by atoms with E-state index < -0.39 is 23.8 Å². The van der Waals surface area contributed by atoms with Crippen molar-refractivity contribution in [3.8, 4) is 5.75 Å². The van der Waals surface area contributed by atoms with Gasteiger partial charge < -0.3 is 24.8 Å². The largest absolute Gasteiger partial charge is 0.489 e. The van der Waals surface area contributed by atoms with Gasteiger partial charge in [-0.1, -0.05) is 11.6 Å². The van der Waals surface area contributed by atoms with E-state index in [4.69, 9.17) is 21.4 Å². The fourth-order valence-electron chi connectivity index (χ4n) is 3.98. The smallest absolute Gasteiger partial charge is 0.334 e. The zero-order valence-electron chi connectivity index (χ0n) is 14.1. The number of nitrogens with one attached hydrogen (secondary N) is 1. The number of carbonyl (C=O) groups is 2. The molecule has 0 saturated carbocycles. The van der Waals surface area contributed by atoms with Crippen LogP contribution in [0.5, 0.6) is 5.75 Å². The van der Waals surface area contributed by atoms with E-state index in [-0.39, 0.29) is 17.2 Å². The van der Waals surface area contributed by atoms with Crippen molar-refractivity contribution in [2.45, 2.75) is 18.9 Å². The van der Waals surface area contributed by atoms with Gasteiger partial charge in [0.1, 0.15) is 18.4 Å². The molecule has 142 valence electrons. The first-order valence-corrected chi connectivity index (χ1v) is 8.83. The van der Waals surface area contributed by atoms with Crippen molar-refractivity contribution in [1.82, 2.24) is 9.88 Å². The third-order valence-corrected chi connectivity index (χ3v) is 5.30. The Morgan fingerprint density at radius 1 is 1.33 bits per heavy atom. The Kier molecular flexibility index (Phi) is 4.32. The average Bonchev–Trinajstić information content (AvgIpc) is 2.77. The highest BCUT2D eigenvalue weighted by Crippen LogP contribution is 2.44. The number of nitrogens with zero attached hydrogens (tertiary/aromatic N) is 1. The monoisotopic (exact) mass is 394 g/mol. The maximum atomic E-state index is 14.9. The molecule has 7 nitrogen and oxygen atoms in total. The van der Waals surface area contributed by atoms with Crippen molar-refractivity contribution in [3.05, 3.63) is 39.8 Å². The molecular formula is C18H16ClFN2O5. The van der Waals surface area contributed by atoms with Crippen LogP contribution in [-0.4, -0.2) is 46.4 Å². The lowest BCUT2D eigenvalue weighted by atomic mass is 10.1. The first kappa shape index (κ1) is 17.8. The molecule has 1 unspecified atom stereocenters. The van der Waals surface area contributed by atoms with Gasteiger partial charge in [0, 0.05) is 36.2 Å². The Morgan fingerprint density at radius 2 is 2.07 bits per heavy atom. The zero-order chi connectivity index (χ0) is 19.3. The van der Waals surface area contributed by atoms with Gasteiger partial charge >= 0.3 is 11.9 Å². The van der Waals surface area contributed by atoms with Crippen LogP contribution in [0.2, 0.25) is 5.02 Å². The molecule has 0 fully saturated rings. The molecule has 0 spiro atoms. The SMILES string of the molecule is O=C(O)/C=C(\C(=O)O)C1COc2cc(Cl)c(F)c3c4c(n1c23)CCNCC4. The molecule has 4 rings (SSSR count). The second-order valence-electron chi connectivity index (χ2n) is 6.51. The number of hydrogen-bond donors (Lipinski definition) is 3. The quantitative estimate of drug-likeness (QED) is 0.690. The fraction of sp³-hybridized carbons (Fsp3) is 0.333. The number of ether oxygens (including phenoxy) is 1. The summed E-state index contributed by atoms with van der Waals surface area (Å²) in [6, 6.07) is 0.501. The molecule has 0 amide bonds. The van der Waals surface area contributed by atoms with E-state index in [1.165, 1.54) is 6.07 Å². The number of carboxylic acids is 2. The van der Waals surface area contributed by atoms with Crippen LogP contribution in [0.25, 0.3) is 10.9 Å².